The molecule has 176 valence electrons. The third-order valence-corrected chi connectivity index (χ3v) is 7.82. The Morgan fingerprint density at radius 1 is 1.18 bits per heavy atom. The average molecular weight is 590 g/mol. The van der Waals surface area contributed by atoms with Crippen molar-refractivity contribution in [3.63, 3.8) is 0 Å². The number of carbonyl (C=O) groups excluding carboxylic acids is 1. The van der Waals surface area contributed by atoms with E-state index in [0.717, 1.165) is 52.6 Å². The van der Waals surface area contributed by atoms with Gasteiger partial charge in [0.05, 0.1) is 24.9 Å². The van der Waals surface area contributed by atoms with Gasteiger partial charge in [-0.1, -0.05) is 0 Å². The van der Waals surface area contributed by atoms with E-state index in [1.165, 1.54) is 0 Å². The molecule has 0 radical (unpaired) electrons. The van der Waals surface area contributed by atoms with Gasteiger partial charge in [-0.3, -0.25) is 9.13 Å². The molecule has 1 unspecified atom stereocenters. The Bertz CT molecular complexity index is 1410. The second-order valence-corrected chi connectivity index (χ2v) is 10.3. The number of hydrogen-bond acceptors (Lipinski definition) is 7. The van der Waals surface area contributed by atoms with Crippen LogP contribution in [0.2, 0.25) is 0 Å². The molecule has 1 aromatic carbocycles. The van der Waals surface area contributed by atoms with Gasteiger partial charge in [0.15, 0.2) is 11.5 Å². The van der Waals surface area contributed by atoms with E-state index in [2.05, 4.69) is 42.8 Å². The Morgan fingerprint density at radius 2 is 1.97 bits per heavy atom. The van der Waals surface area contributed by atoms with E-state index in [1.54, 1.807) is 11.8 Å². The van der Waals surface area contributed by atoms with Crippen LogP contribution in [-0.2, 0) is 11.8 Å². The van der Waals surface area contributed by atoms with Crippen LogP contribution in [0.5, 0.6) is 5.75 Å². The molecule has 0 spiro atoms. The minimum atomic E-state index is 0.0124. The van der Waals surface area contributed by atoms with Crippen molar-refractivity contribution >= 4 is 62.7 Å². The van der Waals surface area contributed by atoms with Crippen LogP contribution in [0.3, 0.4) is 0 Å². The predicted octanol–water partition coefficient (Wildman–Crippen LogP) is 4.74. The first kappa shape index (κ1) is 23.0. The highest BCUT2D eigenvalue weighted by Crippen LogP contribution is 2.38. The highest BCUT2D eigenvalue weighted by atomic mass is 127. The molecule has 0 bridgehead atoms. The number of ether oxygens (including phenoxy) is 1. The first-order valence-electron chi connectivity index (χ1n) is 10.8. The van der Waals surface area contributed by atoms with Gasteiger partial charge < -0.3 is 15.4 Å². The van der Waals surface area contributed by atoms with Crippen molar-refractivity contribution in [1.82, 2.24) is 29.1 Å². The number of fused-ring (bicyclic) bond motifs is 1. The van der Waals surface area contributed by atoms with Crippen LogP contribution in [0.4, 0.5) is 17.2 Å². The Morgan fingerprint density at radius 3 is 2.62 bits per heavy atom. The van der Waals surface area contributed by atoms with E-state index < -0.39 is 0 Å². The maximum atomic E-state index is 12.4. The maximum absolute atomic E-state index is 12.4. The van der Waals surface area contributed by atoms with E-state index in [1.807, 2.05) is 49.5 Å². The highest BCUT2D eigenvalue weighted by molar-refractivity contribution is 14.2. The van der Waals surface area contributed by atoms with Gasteiger partial charge in [0.1, 0.15) is 28.7 Å². The monoisotopic (exact) mass is 590 g/mol. The van der Waals surface area contributed by atoms with Gasteiger partial charge in [-0.05, 0) is 66.9 Å². The fourth-order valence-electron chi connectivity index (χ4n) is 3.83. The number of nitrogens with one attached hydrogen (secondary N) is 2. The summed E-state index contributed by atoms with van der Waals surface area (Å²) in [5.74, 6) is 3.59. The summed E-state index contributed by atoms with van der Waals surface area (Å²) >= 11 is 2.31. The van der Waals surface area contributed by atoms with Gasteiger partial charge in [-0.15, -0.1) is 0 Å². The fourth-order valence-corrected chi connectivity index (χ4v) is 5.97. The number of imidazole rings is 1. The Labute approximate surface area is 211 Å². The highest BCUT2D eigenvalue weighted by Gasteiger charge is 2.30. The molecule has 1 fully saturated rings. The fraction of sp³-hybridized carbons (Fsp3) is 0.318. The topological polar surface area (TPSA) is 112 Å². The number of aromatic nitrogens is 6. The molecule has 1 amide bonds. The summed E-state index contributed by atoms with van der Waals surface area (Å²) in [4.78, 5) is 26.4. The molecule has 3 aromatic heterocycles. The first-order chi connectivity index (χ1) is 16.4. The molecular weight excluding hydrogens is 566 g/mol. The van der Waals surface area contributed by atoms with Crippen molar-refractivity contribution in [3.8, 4) is 17.1 Å². The lowest BCUT2D eigenvalue weighted by atomic mass is 10.1. The summed E-state index contributed by atoms with van der Waals surface area (Å²) in [6.07, 6.45) is 2.29. The lowest BCUT2D eigenvalue weighted by Gasteiger charge is -2.14. The van der Waals surface area contributed by atoms with Crippen LogP contribution >= 0.6 is 28.4 Å². The van der Waals surface area contributed by atoms with E-state index in [-0.39, 0.29) is 11.8 Å². The van der Waals surface area contributed by atoms with Gasteiger partial charge in [0.25, 0.3) is 0 Å². The zero-order chi connectivity index (χ0) is 24.0. The third kappa shape index (κ3) is 4.34. The minimum absolute atomic E-state index is 0.0124. The molecule has 5 rings (SSSR count). The van der Waals surface area contributed by atoms with Crippen molar-refractivity contribution in [2.75, 3.05) is 17.7 Å². The molecule has 2 N–H and O–H groups in total. The van der Waals surface area contributed by atoms with Crippen molar-refractivity contribution in [2.24, 2.45) is 13.0 Å². The zero-order valence-electron chi connectivity index (χ0n) is 19.2. The molecule has 1 saturated carbocycles. The maximum Gasteiger partial charge on any atom is 0.228 e. The summed E-state index contributed by atoms with van der Waals surface area (Å²) in [6, 6.07) is 7.67. The van der Waals surface area contributed by atoms with E-state index in [4.69, 9.17) is 14.7 Å². The quantitative estimate of drug-likeness (QED) is 0.236. The van der Waals surface area contributed by atoms with Crippen molar-refractivity contribution in [2.45, 2.75) is 26.7 Å². The largest absolute Gasteiger partial charge is 0.495 e. The van der Waals surface area contributed by atoms with Crippen molar-refractivity contribution in [3.05, 3.63) is 35.9 Å². The predicted molar refractivity (Wildman–Crippen MR) is 142 cm³/mol. The number of anilines is 3. The number of carbonyl (C=O) groups is 1. The van der Waals surface area contributed by atoms with Crippen LogP contribution in [0, 0.1) is 19.8 Å². The Kier molecular flexibility index (Phi) is 6.15. The van der Waals surface area contributed by atoms with Gasteiger partial charge in [-0.25, -0.2) is 19.6 Å². The lowest BCUT2D eigenvalue weighted by molar-refractivity contribution is -0.117. The van der Waals surface area contributed by atoms with Gasteiger partial charge >= 0.3 is 0 Å². The molecule has 34 heavy (non-hydrogen) atoms. The Balaban J connectivity index is 1.55. The first-order valence-corrected chi connectivity index (χ1v) is 14.8. The minimum Gasteiger partial charge on any atom is -0.495 e. The van der Waals surface area contributed by atoms with Crippen LogP contribution in [0.25, 0.3) is 22.6 Å². The number of hydrogen-bond donors (Lipinski definition) is 2. The summed E-state index contributed by atoms with van der Waals surface area (Å²) in [6.45, 7) is 3.82. The number of rotatable bonds is 7. The molecule has 1 aliphatic carbocycles. The molecule has 1 aliphatic rings. The van der Waals surface area contributed by atoms with E-state index in [9.17, 15) is 4.79 Å². The summed E-state index contributed by atoms with van der Waals surface area (Å²) in [5.41, 5.74) is 3.87. The van der Waals surface area contributed by atoms with Gasteiger partial charge in [-0.2, -0.15) is 5.10 Å². The van der Waals surface area contributed by atoms with E-state index >= 15 is 0 Å². The summed E-state index contributed by atoms with van der Waals surface area (Å²) in [5, 5.41) is 10.8. The Hall–Kier alpha value is -2.79. The smallest absolute Gasteiger partial charge is 0.228 e. The van der Waals surface area contributed by atoms with Crippen LogP contribution in [-0.4, -0.2) is 42.1 Å². The van der Waals surface area contributed by atoms with Gasteiger partial charge in [0.2, 0.25) is 5.91 Å². The molecule has 4 aromatic rings. The number of pyridine rings is 1. The molecule has 10 nitrogen and oxygen atoms in total. The van der Waals surface area contributed by atoms with Crippen LogP contribution in [0.1, 0.15) is 24.5 Å². The summed E-state index contributed by atoms with van der Waals surface area (Å²) in [7, 11) is 3.50. The number of amides is 1. The standard InChI is InChI=1S/C22H24IN8O2P/c1-11-24-20(30(3)29-11)14-7-8-15(17(9-14)33-4)26-16-10-18(28-22(32)13-5-6-13)27-21-19(16)25-12(2)31(21)34-23/h7-10,13,34H,5-6H2,1-4H3,(H2,26,27,28,32). The molecular formula is C22H24IN8O2P. The number of benzene rings is 1. The van der Waals surface area contributed by atoms with Crippen LogP contribution in [0.15, 0.2) is 24.3 Å². The third-order valence-electron chi connectivity index (χ3n) is 5.67. The molecule has 0 aliphatic heterocycles. The average Bonchev–Trinajstić information content (AvgIpc) is 3.54. The second kappa shape index (κ2) is 9.10. The van der Waals surface area contributed by atoms with Crippen molar-refractivity contribution < 1.29 is 9.53 Å². The SMILES string of the molecule is COc1cc(-c2nc(C)nn2C)ccc1Nc1cc(NC(=O)C2CC2)nc2c1nc(C)n2PI. The second-order valence-electron chi connectivity index (χ2n) is 8.22. The molecule has 3 heterocycles. The van der Waals surface area contributed by atoms with E-state index in [0.29, 0.717) is 23.8 Å². The van der Waals surface area contributed by atoms with Gasteiger partial charge in [0, 0.05) is 24.6 Å². The number of methoxy groups -OCH3 is 1. The number of aryl methyl sites for hydroxylation is 3. The summed E-state index contributed by atoms with van der Waals surface area (Å²) < 4.78 is 9.49. The molecule has 1 atom stereocenters. The molecule has 0 saturated heterocycles. The lowest BCUT2D eigenvalue weighted by Crippen LogP contribution is -2.14. The van der Waals surface area contributed by atoms with Crippen LogP contribution < -0.4 is 15.4 Å². The van der Waals surface area contributed by atoms with Crippen molar-refractivity contribution in [1.29, 1.82) is 0 Å². The number of nitrogens with zero attached hydrogens (tertiary/aromatic N) is 6. The zero-order valence-corrected chi connectivity index (χ0v) is 22.3. The normalized spacial score (nSPS) is 13.7. The molecule has 12 heteroatoms. The number of halogens is 1.